The number of nitrogens with one attached hydrogen (secondary N) is 2. The molecule has 0 aliphatic rings. The van der Waals surface area contributed by atoms with Gasteiger partial charge in [-0.15, -0.1) is 0 Å². The van der Waals surface area contributed by atoms with Crippen LogP contribution in [0.15, 0.2) is 30.8 Å². The molecule has 1 rings (SSSR count). The first-order valence-corrected chi connectivity index (χ1v) is 12.3. The molecular weight excluding hydrogens is 446 g/mol. The maximum absolute atomic E-state index is 13.8. The van der Waals surface area contributed by atoms with E-state index in [0.717, 1.165) is 18.4 Å². The number of hydrogen-bond acceptors (Lipinski definition) is 5. The Morgan fingerprint density at radius 1 is 1.17 bits per heavy atom. The zero-order chi connectivity index (χ0) is 26.8. The molecule has 1 aromatic carbocycles. The van der Waals surface area contributed by atoms with Gasteiger partial charge in [0.2, 0.25) is 11.8 Å². The molecule has 0 saturated carbocycles. The van der Waals surface area contributed by atoms with Crippen molar-refractivity contribution in [2.24, 2.45) is 5.92 Å². The number of amides is 3. The van der Waals surface area contributed by atoms with Crippen LogP contribution in [0, 0.1) is 5.92 Å². The first kappa shape index (κ1) is 30.2. The molecule has 8 nitrogen and oxygen atoms in total. The Bertz CT molecular complexity index is 863. The highest BCUT2D eigenvalue weighted by molar-refractivity contribution is 5.92. The Morgan fingerprint density at radius 2 is 1.83 bits per heavy atom. The standard InChI is InChI=1S/C27H43N3O5/c1-9-12-19(5)28-24(32)23(21-14-11-13-20(10-2)17-21)30(15-16-31)25(33)22(18(3)4)29-26(34)35-27(6,7)8/h10-11,13-14,17-19,22-23,31H,2,9,12,15-16H2,1,3-8H3,(H,28,32)(H,29,34). The van der Waals surface area contributed by atoms with Gasteiger partial charge >= 0.3 is 6.09 Å². The van der Waals surface area contributed by atoms with Gasteiger partial charge in [0, 0.05) is 12.6 Å². The van der Waals surface area contributed by atoms with Gasteiger partial charge in [-0.25, -0.2) is 4.79 Å². The van der Waals surface area contributed by atoms with Gasteiger partial charge in [0.15, 0.2) is 0 Å². The molecule has 3 atom stereocenters. The lowest BCUT2D eigenvalue weighted by Gasteiger charge is -2.35. The van der Waals surface area contributed by atoms with E-state index in [4.69, 9.17) is 4.74 Å². The Balaban J connectivity index is 3.45. The van der Waals surface area contributed by atoms with Crippen LogP contribution >= 0.6 is 0 Å². The Labute approximate surface area is 210 Å². The third-order valence-electron chi connectivity index (χ3n) is 5.36. The molecule has 3 amide bonds. The molecule has 0 fully saturated rings. The van der Waals surface area contributed by atoms with E-state index in [-0.39, 0.29) is 31.0 Å². The van der Waals surface area contributed by atoms with Crippen molar-refractivity contribution < 1.29 is 24.2 Å². The van der Waals surface area contributed by atoms with Gasteiger partial charge in [0.25, 0.3) is 0 Å². The minimum atomic E-state index is -1.00. The minimum Gasteiger partial charge on any atom is -0.444 e. The van der Waals surface area contributed by atoms with Crippen LogP contribution in [0.3, 0.4) is 0 Å². The van der Waals surface area contributed by atoms with E-state index >= 15 is 0 Å². The second-order valence-electron chi connectivity index (χ2n) is 10.1. The molecule has 0 saturated heterocycles. The van der Waals surface area contributed by atoms with E-state index in [9.17, 15) is 19.5 Å². The fraction of sp³-hybridized carbons (Fsp3) is 0.593. The molecule has 1 aromatic rings. The van der Waals surface area contributed by atoms with Crippen molar-refractivity contribution >= 4 is 24.0 Å². The summed E-state index contributed by atoms with van der Waals surface area (Å²) >= 11 is 0. The Hall–Kier alpha value is -2.87. The van der Waals surface area contributed by atoms with E-state index in [1.165, 1.54) is 4.90 Å². The van der Waals surface area contributed by atoms with Gasteiger partial charge in [0.05, 0.1) is 6.61 Å². The molecule has 0 heterocycles. The summed E-state index contributed by atoms with van der Waals surface area (Å²) in [6.07, 6.45) is 2.62. The monoisotopic (exact) mass is 489 g/mol. The zero-order valence-corrected chi connectivity index (χ0v) is 22.3. The smallest absolute Gasteiger partial charge is 0.408 e. The van der Waals surface area contributed by atoms with E-state index in [0.29, 0.717) is 5.56 Å². The summed E-state index contributed by atoms with van der Waals surface area (Å²) in [6, 6.07) is 5.16. The average Bonchev–Trinajstić information content (AvgIpc) is 2.75. The highest BCUT2D eigenvalue weighted by Gasteiger charge is 2.37. The summed E-state index contributed by atoms with van der Waals surface area (Å²) in [5.41, 5.74) is 0.651. The lowest BCUT2D eigenvalue weighted by Crippen LogP contribution is -2.55. The van der Waals surface area contributed by atoms with Gasteiger partial charge < -0.3 is 25.4 Å². The molecule has 3 unspecified atom stereocenters. The van der Waals surface area contributed by atoms with Crippen LogP contribution in [-0.2, 0) is 14.3 Å². The van der Waals surface area contributed by atoms with Gasteiger partial charge in [-0.05, 0) is 57.2 Å². The summed E-state index contributed by atoms with van der Waals surface area (Å²) in [5, 5.41) is 15.5. The lowest BCUT2D eigenvalue weighted by atomic mass is 9.97. The normalized spacial score (nSPS) is 14.0. The van der Waals surface area contributed by atoms with Gasteiger partial charge in [-0.2, -0.15) is 0 Å². The topological polar surface area (TPSA) is 108 Å². The minimum absolute atomic E-state index is 0.0867. The molecule has 0 aliphatic heterocycles. The molecule has 0 spiro atoms. The summed E-state index contributed by atoms with van der Waals surface area (Å²) in [5.74, 6) is -1.13. The van der Waals surface area contributed by atoms with Crippen LogP contribution in [0.2, 0.25) is 0 Å². The molecule has 35 heavy (non-hydrogen) atoms. The maximum Gasteiger partial charge on any atom is 0.408 e. The number of carbonyl (C=O) groups is 3. The summed E-state index contributed by atoms with van der Waals surface area (Å²) in [7, 11) is 0. The number of aliphatic hydroxyl groups is 1. The van der Waals surface area contributed by atoms with Crippen molar-refractivity contribution in [3.63, 3.8) is 0 Å². The molecule has 0 radical (unpaired) electrons. The molecule has 196 valence electrons. The number of ether oxygens (including phenoxy) is 1. The predicted molar refractivity (Wildman–Crippen MR) is 139 cm³/mol. The summed E-state index contributed by atoms with van der Waals surface area (Å²) in [4.78, 5) is 41.2. The predicted octanol–water partition coefficient (Wildman–Crippen LogP) is 4.05. The fourth-order valence-electron chi connectivity index (χ4n) is 3.76. The van der Waals surface area contributed by atoms with Crippen molar-refractivity contribution in [3.8, 4) is 0 Å². The first-order valence-electron chi connectivity index (χ1n) is 12.3. The highest BCUT2D eigenvalue weighted by atomic mass is 16.6. The second kappa shape index (κ2) is 13.9. The van der Waals surface area contributed by atoms with Crippen molar-refractivity contribution in [2.45, 2.75) is 85.0 Å². The van der Waals surface area contributed by atoms with Gasteiger partial charge in [-0.3, -0.25) is 9.59 Å². The van der Waals surface area contributed by atoms with Crippen LogP contribution in [0.5, 0.6) is 0 Å². The fourth-order valence-corrected chi connectivity index (χ4v) is 3.76. The summed E-state index contributed by atoms with van der Waals surface area (Å²) in [6.45, 7) is 16.1. The molecule has 0 aromatic heterocycles. The number of alkyl carbamates (subject to hydrolysis) is 1. The quantitative estimate of drug-likeness (QED) is 0.411. The number of hydrogen-bond donors (Lipinski definition) is 3. The third-order valence-corrected chi connectivity index (χ3v) is 5.36. The largest absolute Gasteiger partial charge is 0.444 e. The maximum atomic E-state index is 13.8. The average molecular weight is 490 g/mol. The second-order valence-corrected chi connectivity index (χ2v) is 10.1. The van der Waals surface area contributed by atoms with Crippen molar-refractivity contribution in [2.75, 3.05) is 13.2 Å². The number of carbonyl (C=O) groups excluding carboxylic acids is 3. The molecule has 0 bridgehead atoms. The van der Waals surface area contributed by atoms with Gasteiger partial charge in [-0.1, -0.05) is 58.0 Å². The van der Waals surface area contributed by atoms with Crippen molar-refractivity contribution in [1.29, 1.82) is 0 Å². The van der Waals surface area contributed by atoms with E-state index < -0.39 is 29.7 Å². The first-order chi connectivity index (χ1) is 16.3. The van der Waals surface area contributed by atoms with E-state index in [1.54, 1.807) is 58.9 Å². The number of rotatable bonds is 12. The Morgan fingerprint density at radius 3 is 2.34 bits per heavy atom. The van der Waals surface area contributed by atoms with E-state index in [1.807, 2.05) is 19.9 Å². The molecular formula is C27H43N3O5. The van der Waals surface area contributed by atoms with Gasteiger partial charge in [0.1, 0.15) is 17.7 Å². The van der Waals surface area contributed by atoms with Crippen LogP contribution < -0.4 is 10.6 Å². The van der Waals surface area contributed by atoms with Crippen LogP contribution in [0.1, 0.15) is 78.5 Å². The zero-order valence-electron chi connectivity index (χ0n) is 22.3. The Kier molecular flexibility index (Phi) is 12.0. The number of nitrogens with zero attached hydrogens (tertiary/aromatic N) is 1. The SMILES string of the molecule is C=Cc1cccc(C(C(=O)NC(C)CCC)N(CCO)C(=O)C(NC(=O)OC(C)(C)C)C(C)C)c1. The number of aliphatic hydroxyl groups excluding tert-OH is 1. The van der Waals surface area contributed by atoms with Crippen LogP contribution in [0.25, 0.3) is 6.08 Å². The third kappa shape index (κ3) is 9.72. The summed E-state index contributed by atoms with van der Waals surface area (Å²) < 4.78 is 5.35. The van der Waals surface area contributed by atoms with Crippen molar-refractivity contribution in [1.82, 2.24) is 15.5 Å². The van der Waals surface area contributed by atoms with Crippen LogP contribution in [-0.4, -0.2) is 58.8 Å². The molecule has 0 aliphatic carbocycles. The highest BCUT2D eigenvalue weighted by Crippen LogP contribution is 2.25. The molecule has 3 N–H and O–H groups in total. The van der Waals surface area contributed by atoms with Crippen molar-refractivity contribution in [3.05, 3.63) is 42.0 Å². The number of benzene rings is 1. The lowest BCUT2D eigenvalue weighted by molar-refractivity contribution is -0.144. The van der Waals surface area contributed by atoms with E-state index in [2.05, 4.69) is 17.2 Å². The molecule has 8 heteroatoms. The van der Waals surface area contributed by atoms with Crippen LogP contribution in [0.4, 0.5) is 4.79 Å².